The molecule has 2 rings (SSSR count). The molecular formula is C35H52N4O5. The average molecular weight is 609 g/mol. The number of hydrogen-bond acceptors (Lipinski definition) is 5. The van der Waals surface area contributed by atoms with Crippen molar-refractivity contribution in [3.8, 4) is 0 Å². The molecule has 0 aromatic heterocycles. The third kappa shape index (κ3) is 11.7. The van der Waals surface area contributed by atoms with E-state index >= 15 is 0 Å². The lowest BCUT2D eigenvalue weighted by Crippen LogP contribution is -2.53. The van der Waals surface area contributed by atoms with E-state index in [2.05, 4.69) is 17.6 Å². The van der Waals surface area contributed by atoms with Crippen LogP contribution in [-0.4, -0.2) is 46.9 Å². The Bertz CT molecular complexity index is 1250. The number of rotatable bonds is 16. The number of nitrogens with two attached hydrogens (primary N) is 1. The van der Waals surface area contributed by atoms with Crippen LogP contribution in [0.3, 0.4) is 0 Å². The zero-order valence-electron chi connectivity index (χ0n) is 27.6. The maximum Gasteiger partial charge on any atom is 0.408 e. The smallest absolute Gasteiger partial charge is 0.408 e. The molecule has 9 nitrogen and oxygen atoms in total. The molecule has 0 heterocycles. The van der Waals surface area contributed by atoms with Gasteiger partial charge in [0, 0.05) is 18.7 Å². The molecule has 2 aromatic carbocycles. The van der Waals surface area contributed by atoms with Gasteiger partial charge >= 0.3 is 6.09 Å². The lowest BCUT2D eigenvalue weighted by Gasteiger charge is -2.35. The van der Waals surface area contributed by atoms with Crippen molar-refractivity contribution in [2.75, 3.05) is 11.9 Å². The molecule has 2 aromatic rings. The van der Waals surface area contributed by atoms with E-state index in [9.17, 15) is 19.2 Å². The van der Waals surface area contributed by atoms with Crippen molar-refractivity contribution in [2.45, 2.75) is 118 Å². The van der Waals surface area contributed by atoms with E-state index < -0.39 is 35.6 Å². The molecule has 4 N–H and O–H groups in total. The Hall–Kier alpha value is -3.88. The van der Waals surface area contributed by atoms with Crippen molar-refractivity contribution >= 4 is 29.5 Å². The number of nitrogens with zero attached hydrogens (tertiary/aromatic N) is 1. The molecule has 242 valence electrons. The zero-order valence-corrected chi connectivity index (χ0v) is 27.6. The van der Waals surface area contributed by atoms with Crippen LogP contribution in [0.2, 0.25) is 0 Å². The number of alkyl carbamates (subject to hydrolysis) is 1. The molecular weight excluding hydrogens is 556 g/mol. The van der Waals surface area contributed by atoms with Gasteiger partial charge in [0.05, 0.1) is 0 Å². The van der Waals surface area contributed by atoms with Gasteiger partial charge in [-0.25, -0.2) is 4.79 Å². The van der Waals surface area contributed by atoms with Crippen LogP contribution in [0.4, 0.5) is 10.5 Å². The highest BCUT2D eigenvalue weighted by Crippen LogP contribution is 2.29. The molecule has 0 radical (unpaired) electrons. The minimum Gasteiger partial charge on any atom is -0.444 e. The summed E-state index contributed by atoms with van der Waals surface area (Å²) < 4.78 is 5.44. The molecule has 0 aliphatic carbocycles. The van der Waals surface area contributed by atoms with Gasteiger partial charge in [-0.15, -0.1) is 0 Å². The van der Waals surface area contributed by atoms with Gasteiger partial charge in [0.15, 0.2) is 0 Å². The molecule has 2 unspecified atom stereocenters. The van der Waals surface area contributed by atoms with E-state index in [4.69, 9.17) is 10.5 Å². The van der Waals surface area contributed by atoms with Crippen LogP contribution < -0.4 is 16.4 Å². The number of amides is 4. The molecule has 4 amide bonds. The van der Waals surface area contributed by atoms with Crippen LogP contribution in [0, 0.1) is 20.8 Å². The highest BCUT2D eigenvalue weighted by molar-refractivity contribution is 6.00. The highest BCUT2D eigenvalue weighted by Gasteiger charge is 2.37. The minimum absolute atomic E-state index is 0.0284. The summed E-state index contributed by atoms with van der Waals surface area (Å²) in [6.07, 6.45) is 4.99. The summed E-state index contributed by atoms with van der Waals surface area (Å²) in [5.41, 5.74) is 8.69. The third-order valence-corrected chi connectivity index (χ3v) is 7.48. The number of nitrogens with one attached hydrogen (secondary N) is 2. The molecule has 9 heteroatoms. The van der Waals surface area contributed by atoms with Crippen LogP contribution in [-0.2, 0) is 19.1 Å². The molecule has 44 heavy (non-hydrogen) atoms. The number of unbranched alkanes of at least 4 members (excludes halogenated alkanes) is 5. The van der Waals surface area contributed by atoms with Crippen molar-refractivity contribution in [1.82, 2.24) is 10.2 Å². The monoisotopic (exact) mass is 608 g/mol. The molecule has 0 fully saturated rings. The van der Waals surface area contributed by atoms with Crippen molar-refractivity contribution in [3.63, 3.8) is 0 Å². The SMILES string of the molecule is CCCCCCCCN(C(=O)C(CCC(N)=O)NC(=O)OC(C)(C)C)C(C(=O)Nc1c(C)cccc1C)c1ccccc1C. The first kappa shape index (κ1) is 36.3. The van der Waals surface area contributed by atoms with Gasteiger partial charge in [0.2, 0.25) is 11.8 Å². The Labute approximate surface area is 263 Å². The van der Waals surface area contributed by atoms with Crippen molar-refractivity contribution < 1.29 is 23.9 Å². The summed E-state index contributed by atoms with van der Waals surface area (Å²) in [5.74, 6) is -1.43. The zero-order chi connectivity index (χ0) is 32.9. The highest BCUT2D eigenvalue weighted by atomic mass is 16.6. The summed E-state index contributed by atoms with van der Waals surface area (Å²) >= 11 is 0. The van der Waals surface area contributed by atoms with Crippen molar-refractivity contribution in [3.05, 3.63) is 64.7 Å². The number of primary amides is 1. The first-order valence-electron chi connectivity index (χ1n) is 15.8. The molecule has 0 aliphatic rings. The number of aryl methyl sites for hydroxylation is 3. The van der Waals surface area contributed by atoms with Crippen LogP contribution in [0.15, 0.2) is 42.5 Å². The number of carbonyl (C=O) groups excluding carboxylic acids is 4. The fraction of sp³-hybridized carbons (Fsp3) is 0.543. The second kappa shape index (κ2) is 17.4. The van der Waals surface area contributed by atoms with Crippen LogP contribution in [0.1, 0.15) is 107 Å². The van der Waals surface area contributed by atoms with Gasteiger partial charge in [-0.05, 0) is 76.6 Å². The Kier molecular flexibility index (Phi) is 14.4. The third-order valence-electron chi connectivity index (χ3n) is 7.48. The first-order valence-corrected chi connectivity index (χ1v) is 15.8. The van der Waals surface area contributed by atoms with E-state index in [0.717, 1.165) is 48.8 Å². The number of anilines is 1. The number of hydrogen-bond donors (Lipinski definition) is 3. The van der Waals surface area contributed by atoms with E-state index in [1.54, 1.807) is 25.7 Å². The van der Waals surface area contributed by atoms with Gasteiger partial charge < -0.3 is 26.0 Å². The Morgan fingerprint density at radius 1 is 0.864 bits per heavy atom. The Balaban J connectivity index is 2.58. The van der Waals surface area contributed by atoms with Crippen LogP contribution in [0.5, 0.6) is 0 Å². The molecule has 0 aliphatic heterocycles. The average Bonchev–Trinajstić information content (AvgIpc) is 2.93. The van der Waals surface area contributed by atoms with Gasteiger partial charge in [0.1, 0.15) is 17.7 Å². The number of benzene rings is 2. The fourth-order valence-corrected chi connectivity index (χ4v) is 5.17. The summed E-state index contributed by atoms with van der Waals surface area (Å²) in [5, 5.41) is 5.76. The summed E-state index contributed by atoms with van der Waals surface area (Å²) in [4.78, 5) is 54.9. The summed E-state index contributed by atoms with van der Waals surface area (Å²) in [6.45, 7) is 13.4. The van der Waals surface area contributed by atoms with Crippen LogP contribution >= 0.6 is 0 Å². The molecule has 0 bridgehead atoms. The minimum atomic E-state index is -1.13. The van der Waals surface area contributed by atoms with E-state index in [0.29, 0.717) is 17.7 Å². The quantitative estimate of drug-likeness (QED) is 0.184. The Morgan fingerprint density at radius 3 is 2.05 bits per heavy atom. The lowest BCUT2D eigenvalue weighted by atomic mass is 9.96. The standard InChI is InChI=1S/C35H52N4O5/c1-8-9-10-11-12-15-23-39(33(42)28(21-22-29(36)40)37-34(43)44-35(5,6)7)31(27-20-14-13-17-24(27)2)32(41)38-30-25(3)18-16-19-26(30)4/h13-14,16-20,28,31H,8-12,15,21-23H2,1-7H3,(H2,36,40)(H,37,43)(H,38,41). The molecule has 0 spiro atoms. The lowest BCUT2D eigenvalue weighted by molar-refractivity contribution is -0.141. The first-order chi connectivity index (χ1) is 20.7. The topological polar surface area (TPSA) is 131 Å². The van der Waals surface area contributed by atoms with Gasteiger partial charge in [-0.2, -0.15) is 0 Å². The van der Waals surface area contributed by atoms with Gasteiger partial charge in [-0.1, -0.05) is 81.5 Å². The molecule has 0 saturated carbocycles. The van der Waals surface area contributed by atoms with E-state index in [1.807, 2.05) is 63.2 Å². The van der Waals surface area contributed by atoms with Gasteiger partial charge in [0.25, 0.3) is 5.91 Å². The largest absolute Gasteiger partial charge is 0.444 e. The van der Waals surface area contributed by atoms with Crippen molar-refractivity contribution in [1.29, 1.82) is 0 Å². The maximum atomic E-state index is 14.5. The number of ether oxygens (including phenoxy) is 1. The van der Waals surface area contributed by atoms with E-state index in [-0.39, 0.29) is 25.3 Å². The summed E-state index contributed by atoms with van der Waals surface area (Å²) in [7, 11) is 0. The van der Waals surface area contributed by atoms with E-state index in [1.165, 1.54) is 0 Å². The predicted octanol–water partition coefficient (Wildman–Crippen LogP) is 6.64. The van der Waals surface area contributed by atoms with Crippen LogP contribution in [0.25, 0.3) is 0 Å². The second-order valence-electron chi connectivity index (χ2n) is 12.5. The molecule has 2 atom stereocenters. The second-order valence-corrected chi connectivity index (χ2v) is 12.5. The number of para-hydroxylation sites is 1. The normalized spacial score (nSPS) is 12.6. The van der Waals surface area contributed by atoms with Crippen molar-refractivity contribution in [2.24, 2.45) is 5.73 Å². The predicted molar refractivity (Wildman–Crippen MR) is 175 cm³/mol. The van der Waals surface area contributed by atoms with Gasteiger partial charge in [-0.3, -0.25) is 14.4 Å². The fourth-order valence-electron chi connectivity index (χ4n) is 5.17. The number of carbonyl (C=O) groups is 4. The maximum absolute atomic E-state index is 14.5. The summed E-state index contributed by atoms with van der Waals surface area (Å²) in [6, 6.07) is 11.2. The molecule has 0 saturated heterocycles. The Morgan fingerprint density at radius 2 is 1.45 bits per heavy atom.